The van der Waals surface area contributed by atoms with E-state index < -0.39 is 0 Å². The van der Waals surface area contributed by atoms with Gasteiger partial charge in [0.1, 0.15) is 0 Å². The minimum absolute atomic E-state index is 0.0768. The number of carbonyl (C=O) groups is 1. The van der Waals surface area contributed by atoms with Gasteiger partial charge in [0.25, 0.3) is 0 Å². The average molecular weight is 510 g/mol. The summed E-state index contributed by atoms with van der Waals surface area (Å²) in [6.07, 6.45) is 16.0. The van der Waals surface area contributed by atoms with Crippen LogP contribution in [0.1, 0.15) is 25.3 Å². The van der Waals surface area contributed by atoms with Crippen LogP contribution < -0.4 is 15.4 Å². The molecule has 0 saturated carbocycles. The van der Waals surface area contributed by atoms with Gasteiger partial charge < -0.3 is 15.4 Å². The third-order valence-electron chi connectivity index (χ3n) is 5.25. The van der Waals surface area contributed by atoms with Crippen molar-refractivity contribution in [3.05, 3.63) is 65.3 Å². The first kappa shape index (κ1) is 22.7. The number of aromatic nitrogens is 5. The van der Waals surface area contributed by atoms with Crippen LogP contribution in [-0.4, -0.2) is 37.7 Å². The second-order valence-corrected chi connectivity index (χ2v) is 8.97. The summed E-state index contributed by atoms with van der Waals surface area (Å²) in [5.41, 5.74) is 3.11. The Morgan fingerprint density at radius 1 is 1.21 bits per heavy atom. The third-order valence-corrected chi connectivity index (χ3v) is 5.82. The summed E-state index contributed by atoms with van der Waals surface area (Å²) in [4.78, 5) is 25.6. The van der Waals surface area contributed by atoms with Crippen molar-refractivity contribution < 1.29 is 9.53 Å². The lowest BCUT2D eigenvalue weighted by Crippen LogP contribution is -2.24. The number of ether oxygens (including phenoxy) is 1. The van der Waals surface area contributed by atoms with E-state index in [1.165, 1.54) is 0 Å². The number of rotatable bonds is 7. The average Bonchev–Trinajstić information content (AvgIpc) is 3.19. The molecule has 1 aliphatic carbocycles. The molecular weight excluding hydrogens is 486 g/mol. The third kappa shape index (κ3) is 5.64. The summed E-state index contributed by atoms with van der Waals surface area (Å²) in [6, 6.07) is 1.77. The van der Waals surface area contributed by atoms with Crippen molar-refractivity contribution in [3.8, 4) is 5.88 Å². The van der Waals surface area contributed by atoms with Crippen LogP contribution in [0.3, 0.4) is 0 Å². The molecule has 0 radical (unpaired) electrons. The van der Waals surface area contributed by atoms with E-state index in [0.717, 1.165) is 23.2 Å². The normalized spacial score (nSPS) is 17.4. The molecule has 0 aliphatic heterocycles. The molecule has 1 unspecified atom stereocenters. The molecule has 10 heteroatoms. The van der Waals surface area contributed by atoms with Crippen molar-refractivity contribution in [2.45, 2.75) is 19.8 Å². The van der Waals surface area contributed by atoms with Crippen LogP contribution in [0.4, 0.5) is 17.3 Å². The Hall–Kier alpha value is -3.53. The number of carbonyl (C=O) groups excluding carboxylic acids is 1. The number of nitrogens with zero attached hydrogens (tertiary/aromatic N) is 5. The monoisotopic (exact) mass is 509 g/mol. The molecule has 1 aliphatic rings. The maximum absolute atomic E-state index is 12.6. The summed E-state index contributed by atoms with van der Waals surface area (Å²) in [7, 11) is 3.40. The lowest BCUT2D eigenvalue weighted by Gasteiger charge is -2.27. The molecule has 2 N–H and O–H groups in total. The van der Waals surface area contributed by atoms with E-state index in [1.807, 2.05) is 19.3 Å². The fourth-order valence-corrected chi connectivity index (χ4v) is 4.00. The number of hydrogen-bond donors (Lipinski definition) is 2. The van der Waals surface area contributed by atoms with Crippen molar-refractivity contribution in [1.29, 1.82) is 0 Å². The highest BCUT2D eigenvalue weighted by molar-refractivity contribution is 9.10. The summed E-state index contributed by atoms with van der Waals surface area (Å²) in [5, 5.41) is 10.1. The van der Waals surface area contributed by atoms with E-state index in [4.69, 9.17) is 4.74 Å². The first-order valence-corrected chi connectivity index (χ1v) is 11.1. The summed E-state index contributed by atoms with van der Waals surface area (Å²) < 4.78 is 7.51. The van der Waals surface area contributed by atoms with Crippen molar-refractivity contribution in [3.63, 3.8) is 0 Å². The Labute approximate surface area is 200 Å². The molecule has 1 amide bonds. The Morgan fingerprint density at radius 3 is 2.61 bits per heavy atom. The number of halogens is 1. The SMILES string of the molecule is COc1ncc(NC(=O)CC2(C)C=CC(c3cnc(Nc4cnn(C)c4)nc3)=CC2)cc1Br. The van der Waals surface area contributed by atoms with Gasteiger partial charge in [0.2, 0.25) is 17.7 Å². The minimum atomic E-state index is -0.284. The van der Waals surface area contributed by atoms with Crippen LogP contribution in [0.25, 0.3) is 5.57 Å². The Bertz CT molecular complexity index is 1220. The molecule has 0 aromatic carbocycles. The smallest absolute Gasteiger partial charge is 0.227 e. The number of methoxy groups -OCH3 is 1. The Morgan fingerprint density at radius 2 is 2.00 bits per heavy atom. The summed E-state index contributed by atoms with van der Waals surface area (Å²) in [6.45, 7) is 2.07. The zero-order valence-corrected chi connectivity index (χ0v) is 20.1. The van der Waals surface area contributed by atoms with E-state index in [2.05, 4.69) is 65.7 Å². The number of aryl methyl sites for hydroxylation is 1. The molecule has 0 fully saturated rings. The molecule has 3 aromatic heterocycles. The highest BCUT2D eigenvalue weighted by Crippen LogP contribution is 2.36. The molecule has 170 valence electrons. The van der Waals surface area contributed by atoms with Gasteiger partial charge in [-0.3, -0.25) is 9.48 Å². The molecule has 0 bridgehead atoms. The number of nitrogens with one attached hydrogen (secondary N) is 2. The Kier molecular flexibility index (Phi) is 6.55. The van der Waals surface area contributed by atoms with Crippen molar-refractivity contribution >= 4 is 44.7 Å². The summed E-state index contributed by atoms with van der Waals surface area (Å²) in [5.74, 6) is 0.901. The second kappa shape index (κ2) is 9.53. The van der Waals surface area contributed by atoms with Crippen molar-refractivity contribution in [2.75, 3.05) is 17.7 Å². The van der Waals surface area contributed by atoms with Gasteiger partial charge in [-0.1, -0.05) is 25.2 Å². The van der Waals surface area contributed by atoms with E-state index in [1.54, 1.807) is 42.6 Å². The quantitative estimate of drug-likeness (QED) is 0.482. The van der Waals surface area contributed by atoms with Gasteiger partial charge in [-0.25, -0.2) is 15.0 Å². The van der Waals surface area contributed by atoms with Gasteiger partial charge in [0.05, 0.1) is 35.4 Å². The van der Waals surface area contributed by atoms with Crippen molar-refractivity contribution in [2.24, 2.45) is 12.5 Å². The van der Waals surface area contributed by atoms with Crippen LogP contribution >= 0.6 is 15.9 Å². The molecule has 33 heavy (non-hydrogen) atoms. The molecular formula is C23H24BrN7O2. The molecule has 9 nitrogen and oxygen atoms in total. The van der Waals surface area contributed by atoms with E-state index in [0.29, 0.717) is 28.4 Å². The molecule has 3 heterocycles. The van der Waals surface area contributed by atoms with E-state index in [9.17, 15) is 4.79 Å². The van der Waals surface area contributed by atoms with Crippen LogP contribution in [-0.2, 0) is 11.8 Å². The molecule has 3 aromatic rings. The number of amides is 1. The predicted molar refractivity (Wildman–Crippen MR) is 130 cm³/mol. The van der Waals surface area contributed by atoms with Crippen LogP contribution in [0.2, 0.25) is 0 Å². The second-order valence-electron chi connectivity index (χ2n) is 8.11. The lowest BCUT2D eigenvalue weighted by molar-refractivity contribution is -0.117. The maximum Gasteiger partial charge on any atom is 0.227 e. The number of pyridine rings is 1. The summed E-state index contributed by atoms with van der Waals surface area (Å²) >= 11 is 3.38. The highest BCUT2D eigenvalue weighted by Gasteiger charge is 2.26. The first-order chi connectivity index (χ1) is 15.8. The first-order valence-electron chi connectivity index (χ1n) is 10.3. The van der Waals surface area contributed by atoms with Gasteiger partial charge in [-0.15, -0.1) is 0 Å². The van der Waals surface area contributed by atoms with E-state index in [-0.39, 0.29) is 11.3 Å². The fourth-order valence-electron chi connectivity index (χ4n) is 3.49. The van der Waals surface area contributed by atoms with Crippen LogP contribution in [0, 0.1) is 5.41 Å². The zero-order valence-electron chi connectivity index (χ0n) is 18.5. The van der Waals surface area contributed by atoms with Gasteiger partial charge in [-0.05, 0) is 39.4 Å². The van der Waals surface area contributed by atoms with Gasteiger partial charge in [-0.2, -0.15) is 5.10 Å². The molecule has 0 spiro atoms. The number of allylic oxidation sites excluding steroid dienone is 4. The van der Waals surface area contributed by atoms with Gasteiger partial charge in [0, 0.05) is 37.6 Å². The van der Waals surface area contributed by atoms with Gasteiger partial charge >= 0.3 is 0 Å². The van der Waals surface area contributed by atoms with Crippen LogP contribution in [0.15, 0.2) is 59.8 Å². The highest BCUT2D eigenvalue weighted by atomic mass is 79.9. The standard InChI is InChI=1S/C23H24BrN7O2/c1-23(9-20(32)29-17-8-19(24)21(33-3)25-12-17)6-4-15(5-7-23)16-10-26-22(27-11-16)30-18-13-28-31(2)14-18/h4-6,8,10-14H,7,9H2,1-3H3,(H,29,32)(H,26,27,30). The van der Waals surface area contributed by atoms with Crippen molar-refractivity contribution in [1.82, 2.24) is 24.7 Å². The zero-order chi connectivity index (χ0) is 23.4. The lowest BCUT2D eigenvalue weighted by atomic mass is 9.78. The molecule has 0 saturated heterocycles. The molecule has 4 rings (SSSR count). The van der Waals surface area contributed by atoms with Crippen LogP contribution in [0.5, 0.6) is 5.88 Å². The number of hydrogen-bond acceptors (Lipinski definition) is 7. The fraction of sp³-hybridized carbons (Fsp3) is 0.261. The Balaban J connectivity index is 1.35. The number of anilines is 3. The molecule has 1 atom stereocenters. The minimum Gasteiger partial charge on any atom is -0.480 e. The maximum atomic E-state index is 12.6. The van der Waals surface area contributed by atoms with E-state index >= 15 is 0 Å². The van der Waals surface area contributed by atoms with Gasteiger partial charge in [0.15, 0.2) is 0 Å². The topological polar surface area (TPSA) is 107 Å². The predicted octanol–water partition coefficient (Wildman–Crippen LogP) is 4.50. The largest absolute Gasteiger partial charge is 0.480 e.